The number of fused-ring (bicyclic) bond motifs is 3. The zero-order valence-electron chi connectivity index (χ0n) is 61.4. The number of aromatic amines is 2. The molecule has 1 aliphatic carbocycles. The monoisotopic (exact) mass is 1670 g/mol. The second-order valence-electron chi connectivity index (χ2n) is 27.8. The molecule has 0 radical (unpaired) electrons. The molecule has 4 aromatic carbocycles. The van der Waals surface area contributed by atoms with Crippen molar-refractivity contribution in [2.45, 2.75) is 189 Å². The van der Waals surface area contributed by atoms with Gasteiger partial charge in [-0.3, -0.25) is 57.6 Å². The molecule has 0 unspecified atom stereocenters. The highest BCUT2D eigenvalue weighted by Crippen LogP contribution is 2.45. The number of amides is 11. The number of carbonyl (C=O) groups is 11. The molecular formula is C76H102IN15O14S3. The highest BCUT2D eigenvalue weighted by Gasteiger charge is 2.42. The maximum atomic E-state index is 15.2. The maximum absolute atomic E-state index is 15.2. The van der Waals surface area contributed by atoms with Crippen LogP contribution in [0.1, 0.15) is 113 Å². The first-order valence-electron chi connectivity index (χ1n) is 36.8. The highest BCUT2D eigenvalue weighted by molar-refractivity contribution is 14.1. The summed E-state index contributed by atoms with van der Waals surface area (Å²) in [6.45, 7) is 8.26. The molecule has 2 aliphatic rings. The molecule has 29 nitrogen and oxygen atoms in total. The molecule has 0 saturated carbocycles. The van der Waals surface area contributed by atoms with Gasteiger partial charge in [0.05, 0.1) is 21.5 Å². The predicted molar refractivity (Wildman–Crippen MR) is 431 cm³/mol. The van der Waals surface area contributed by atoms with Gasteiger partial charge in [-0.15, -0.1) is 11.8 Å². The minimum Gasteiger partial charge on any atom is -0.507 e. The third kappa shape index (κ3) is 24.5. The number of aromatic hydroxyl groups is 1. The van der Waals surface area contributed by atoms with Gasteiger partial charge in [0.15, 0.2) is 0 Å². The van der Waals surface area contributed by atoms with E-state index in [0.29, 0.717) is 68.9 Å². The SMILES string of the molecule is CCCN1C[C@@H](SCC(=O)NCCCC[C@H](NC(C)=O)C(=O)N[C@H](Cc2ccccc2)C(=O)N[C@@H](CS)C(=O)N[C@@H](Cc2ccc(O)c(I)c2)C(=O)N[C@H](Cc2c[nH]c3ccccc23)C(=O)N[C@@H](CCCCN)C(=O)N[C@H](C(=O)N[C@@H](CS)C(=O)N[C@H](C(N)=O)[C@@H](C)O)[C@@H](C)O)C[C@@H]2c3cccc4[nH]cc(c34)C[C@H]21. The van der Waals surface area contributed by atoms with Gasteiger partial charge in [0.1, 0.15) is 60.1 Å². The molecule has 590 valence electrons. The first-order chi connectivity index (χ1) is 52.2. The van der Waals surface area contributed by atoms with Gasteiger partial charge in [-0.05, 0) is 159 Å². The summed E-state index contributed by atoms with van der Waals surface area (Å²) < 4.78 is 0.396. The van der Waals surface area contributed by atoms with Crippen LogP contribution in [0.3, 0.4) is 0 Å². The number of piperidine rings is 1. The Balaban J connectivity index is 0.946. The molecule has 3 heterocycles. The van der Waals surface area contributed by atoms with Crippen LogP contribution in [-0.2, 0) is 78.4 Å². The van der Waals surface area contributed by atoms with Crippen molar-refractivity contribution in [1.29, 1.82) is 0 Å². The fraction of sp³-hybridized carbons (Fsp3) is 0.487. The molecular weight excluding hydrogens is 1570 g/mol. The van der Waals surface area contributed by atoms with Crippen LogP contribution in [0, 0.1) is 3.57 Å². The lowest BCUT2D eigenvalue weighted by Crippen LogP contribution is -2.62. The normalized spacial score (nSPS) is 17.7. The molecule has 1 saturated heterocycles. The van der Waals surface area contributed by atoms with Gasteiger partial charge >= 0.3 is 0 Å². The zero-order chi connectivity index (χ0) is 79.0. The van der Waals surface area contributed by atoms with E-state index in [-0.39, 0.29) is 79.2 Å². The third-order valence-electron chi connectivity index (χ3n) is 19.5. The van der Waals surface area contributed by atoms with E-state index in [1.807, 2.05) is 22.6 Å². The number of nitrogens with zero attached hydrogens (tertiary/aromatic N) is 1. The average Bonchev–Trinajstić information content (AvgIpc) is 1.68. The molecule has 109 heavy (non-hydrogen) atoms. The molecule has 33 heteroatoms. The van der Waals surface area contributed by atoms with Crippen molar-refractivity contribution in [2.75, 3.05) is 43.4 Å². The van der Waals surface area contributed by atoms with Crippen molar-refractivity contribution in [3.05, 3.63) is 135 Å². The van der Waals surface area contributed by atoms with Crippen LogP contribution >= 0.6 is 59.6 Å². The van der Waals surface area contributed by atoms with Crippen LogP contribution in [0.2, 0.25) is 0 Å². The number of carbonyl (C=O) groups excluding carboxylic acids is 11. The predicted octanol–water partition coefficient (Wildman–Crippen LogP) is 1.82. The largest absolute Gasteiger partial charge is 0.507 e. The number of nitrogens with one attached hydrogen (secondary N) is 12. The Morgan fingerprint density at radius 3 is 1.78 bits per heavy atom. The summed E-state index contributed by atoms with van der Waals surface area (Å²) in [5.41, 5.74) is 17.4. The van der Waals surface area contributed by atoms with E-state index in [1.165, 1.54) is 49.4 Å². The van der Waals surface area contributed by atoms with Gasteiger partial charge in [-0.25, -0.2) is 0 Å². The average molecular weight is 1670 g/mol. The number of aliphatic hydroxyl groups excluding tert-OH is 2. The number of hydrogen-bond acceptors (Lipinski definition) is 19. The number of para-hydroxylation sites is 1. The molecule has 11 amide bonds. The lowest BCUT2D eigenvalue weighted by Gasteiger charge is -2.47. The van der Waals surface area contributed by atoms with Crippen molar-refractivity contribution >= 4 is 146 Å². The Bertz CT molecular complexity index is 4150. The summed E-state index contributed by atoms with van der Waals surface area (Å²) in [7, 11) is 0. The van der Waals surface area contributed by atoms with Crippen molar-refractivity contribution in [1.82, 2.24) is 68.0 Å². The van der Waals surface area contributed by atoms with Crippen LogP contribution in [0.4, 0.5) is 0 Å². The summed E-state index contributed by atoms with van der Waals surface area (Å²) in [4.78, 5) is 163. The van der Waals surface area contributed by atoms with Crippen molar-refractivity contribution < 1.29 is 68.1 Å². The maximum Gasteiger partial charge on any atom is 0.245 e. The number of nitrogens with two attached hydrogens (primary N) is 2. The van der Waals surface area contributed by atoms with E-state index >= 15 is 9.59 Å². The van der Waals surface area contributed by atoms with E-state index in [4.69, 9.17) is 11.5 Å². The van der Waals surface area contributed by atoms with Crippen LogP contribution < -0.4 is 64.6 Å². The van der Waals surface area contributed by atoms with Gasteiger partial charge < -0.3 is 89.9 Å². The molecule has 0 spiro atoms. The fourth-order valence-electron chi connectivity index (χ4n) is 13.9. The lowest BCUT2D eigenvalue weighted by atomic mass is 9.75. The summed E-state index contributed by atoms with van der Waals surface area (Å²) in [6, 6.07) is 14.1. The number of thioether (sulfide) groups is 1. The Labute approximate surface area is 662 Å². The number of benzene rings is 4. The summed E-state index contributed by atoms with van der Waals surface area (Å²) >= 11 is 12.2. The molecule has 14 atom stereocenters. The first-order valence-corrected chi connectivity index (χ1v) is 40.1. The van der Waals surface area contributed by atoms with E-state index < -0.39 is 126 Å². The topological polar surface area (TPSA) is 456 Å². The number of rotatable bonds is 42. The summed E-state index contributed by atoms with van der Waals surface area (Å²) in [5, 5.41) is 60.3. The minimum atomic E-state index is -1.76. The van der Waals surface area contributed by atoms with Crippen LogP contribution in [0.15, 0.2) is 103 Å². The smallest absolute Gasteiger partial charge is 0.245 e. The summed E-state index contributed by atoms with van der Waals surface area (Å²) in [6.07, 6.45) is 4.78. The Hall–Kier alpha value is -8.45. The molecule has 19 N–H and O–H groups in total. The Morgan fingerprint density at radius 1 is 0.615 bits per heavy atom. The second kappa shape index (κ2) is 42.1. The van der Waals surface area contributed by atoms with Gasteiger partial charge in [0.2, 0.25) is 65.0 Å². The van der Waals surface area contributed by atoms with Crippen LogP contribution in [0.5, 0.6) is 5.75 Å². The fourth-order valence-corrected chi connectivity index (χ4v) is 16.1. The number of thiol groups is 2. The summed E-state index contributed by atoms with van der Waals surface area (Å²) in [5.74, 6) is -9.04. The van der Waals surface area contributed by atoms with E-state index in [2.05, 4.69) is 125 Å². The minimum absolute atomic E-state index is 0.0699. The molecule has 1 aliphatic heterocycles. The number of phenols is 1. The van der Waals surface area contributed by atoms with E-state index in [1.54, 1.807) is 78.6 Å². The molecule has 2 aromatic heterocycles. The van der Waals surface area contributed by atoms with Crippen LogP contribution in [-0.4, -0.2) is 216 Å². The number of aliphatic hydroxyl groups is 2. The Kier molecular flexibility index (Phi) is 33.3. The zero-order valence-corrected chi connectivity index (χ0v) is 66.2. The van der Waals surface area contributed by atoms with Crippen molar-refractivity contribution in [3.8, 4) is 5.75 Å². The molecule has 8 rings (SSSR count). The number of hydrogen-bond donors (Lipinski definition) is 19. The third-order valence-corrected chi connectivity index (χ3v) is 22.4. The molecule has 0 bridgehead atoms. The van der Waals surface area contributed by atoms with Crippen molar-refractivity contribution in [2.24, 2.45) is 11.5 Å². The standard InChI is InChI=1S/C76H102IN15O14S3/c1-5-28-92-37-48(34-51-50-19-15-23-54-65(50)47(36-82-54)33-62(51)92)109-40-64(97)80-27-14-12-22-55(83-43(4)95)69(99)85-57(30-44-16-7-6-8-17-44)72(102)88-60(38-107)74(104)86-58(31-45-24-25-63(96)52(77)29-45)71(101)87-59(32-46-35-81-53-20-10-9-18-49(46)53)73(103)84-56(21-11-13-26-78)70(100)91-67(42(3)94)76(106)89-61(39-108)75(105)90-66(41(2)93)68(79)98/h6-10,15-20,23-25,29,35-36,41-42,48,51,55-62,66-67,81-82,93-94,96,107-108H,5,11-14,21-22,26-28,30-34,37-40,78H2,1-4H3,(H2,79,98)(H,80,97)(H,83,95)(H,84,103)(H,85,99)(H,86,104)(H,87,101)(H,88,102)(H,89,106)(H,90,105)(H,91,100)/t41-,42-,48+,51-,55+,56+,57-,58+,59-,60+,61+,62-,66+,67+/m1/s1. The van der Waals surface area contributed by atoms with Gasteiger partial charge in [0.25, 0.3) is 0 Å². The number of halogens is 1. The van der Waals surface area contributed by atoms with E-state index in [0.717, 1.165) is 37.9 Å². The van der Waals surface area contributed by atoms with Gasteiger partial charge in [0, 0.05) is 102 Å². The number of aromatic nitrogens is 2. The highest BCUT2D eigenvalue weighted by atomic mass is 127. The number of likely N-dealkylation sites (tertiary alicyclic amines) is 1. The number of phenolic OH excluding ortho intramolecular Hbond substituents is 1. The van der Waals surface area contributed by atoms with Crippen LogP contribution in [0.25, 0.3) is 21.8 Å². The number of unbranched alkanes of at least 4 members (excludes halogenated alkanes) is 2. The quantitative estimate of drug-likeness (QED) is 0.0148. The van der Waals surface area contributed by atoms with Gasteiger partial charge in [-0.2, -0.15) is 25.3 Å². The molecule has 1 fully saturated rings. The van der Waals surface area contributed by atoms with Gasteiger partial charge in [-0.1, -0.05) is 73.7 Å². The number of H-pyrrole nitrogens is 2. The lowest BCUT2D eigenvalue weighted by molar-refractivity contribution is -0.137. The Morgan fingerprint density at radius 2 is 1.16 bits per heavy atom. The molecule has 6 aromatic rings. The second-order valence-corrected chi connectivity index (χ2v) is 31.0. The number of primary amides is 1. The first kappa shape index (κ1) is 86.1. The van der Waals surface area contributed by atoms with E-state index in [9.17, 15) is 58.5 Å². The van der Waals surface area contributed by atoms with Crippen molar-refractivity contribution in [3.63, 3.8) is 0 Å².